The summed E-state index contributed by atoms with van der Waals surface area (Å²) in [5.41, 5.74) is 0.284. The van der Waals surface area contributed by atoms with Crippen LogP contribution in [0.15, 0.2) is 59.5 Å². The largest absolute Gasteiger partial charge is 0.493 e. The highest BCUT2D eigenvalue weighted by molar-refractivity contribution is 7.90. The van der Waals surface area contributed by atoms with Gasteiger partial charge in [-0.1, -0.05) is 36.4 Å². The van der Waals surface area contributed by atoms with Gasteiger partial charge in [0.1, 0.15) is 11.4 Å². The summed E-state index contributed by atoms with van der Waals surface area (Å²) in [7, 11) is -1.41. The number of hydrogen-bond acceptors (Lipinski definition) is 6. The maximum absolute atomic E-state index is 12.9. The van der Waals surface area contributed by atoms with Gasteiger partial charge in [0.05, 0.1) is 19.8 Å². The number of carbonyl (C=O) groups excluding carboxylic acids is 2. The van der Waals surface area contributed by atoms with E-state index >= 15 is 0 Å². The molecule has 3 aromatic carbocycles. The summed E-state index contributed by atoms with van der Waals surface area (Å²) < 4.78 is 36.7. The number of benzene rings is 3. The molecule has 1 amide bonds. The number of hydrogen-bond donors (Lipinski definition) is 0. The number of nitrogens with zero attached hydrogens (tertiary/aromatic N) is 1. The van der Waals surface area contributed by atoms with Gasteiger partial charge < -0.3 is 9.47 Å². The van der Waals surface area contributed by atoms with Crippen molar-refractivity contribution in [2.45, 2.75) is 4.90 Å². The third-order valence-electron chi connectivity index (χ3n) is 4.87. The van der Waals surface area contributed by atoms with Gasteiger partial charge in [0.15, 0.2) is 17.3 Å². The van der Waals surface area contributed by atoms with Gasteiger partial charge in [0.25, 0.3) is 15.9 Å². The number of amides is 1. The SMILES string of the molecule is COc1cc2c(cc1OC)S(=O)(=O)N(CC(=O)c1ccc3ccccc3c1)C2=O. The van der Waals surface area contributed by atoms with Crippen LogP contribution in [0.1, 0.15) is 20.7 Å². The number of fused-ring (bicyclic) bond motifs is 2. The third kappa shape index (κ3) is 3.01. The topological polar surface area (TPSA) is 90.0 Å². The molecule has 1 aliphatic rings. The van der Waals surface area contributed by atoms with Gasteiger partial charge in [-0.25, -0.2) is 12.7 Å². The molecule has 8 heteroatoms. The van der Waals surface area contributed by atoms with E-state index in [0.717, 1.165) is 10.8 Å². The van der Waals surface area contributed by atoms with Crippen molar-refractivity contribution in [3.05, 3.63) is 65.7 Å². The zero-order chi connectivity index (χ0) is 20.8. The first-order chi connectivity index (χ1) is 13.9. The van der Waals surface area contributed by atoms with E-state index in [2.05, 4.69) is 0 Å². The molecule has 0 unspecified atom stereocenters. The van der Waals surface area contributed by atoms with Crippen molar-refractivity contribution in [3.8, 4) is 11.5 Å². The smallest absolute Gasteiger partial charge is 0.269 e. The van der Waals surface area contributed by atoms with Crippen molar-refractivity contribution in [2.75, 3.05) is 20.8 Å². The monoisotopic (exact) mass is 411 g/mol. The highest BCUT2D eigenvalue weighted by atomic mass is 32.2. The maximum Gasteiger partial charge on any atom is 0.269 e. The van der Waals surface area contributed by atoms with Crippen molar-refractivity contribution >= 4 is 32.5 Å². The van der Waals surface area contributed by atoms with E-state index in [0.29, 0.717) is 9.87 Å². The Kier molecular flexibility index (Phi) is 4.50. The Labute approximate surface area is 167 Å². The zero-order valence-corrected chi connectivity index (χ0v) is 16.5. The molecule has 0 spiro atoms. The molecule has 1 aliphatic heterocycles. The van der Waals surface area contributed by atoms with Crippen LogP contribution >= 0.6 is 0 Å². The summed E-state index contributed by atoms with van der Waals surface area (Å²) in [6.07, 6.45) is 0. The highest BCUT2D eigenvalue weighted by Gasteiger charge is 2.43. The molecule has 0 fully saturated rings. The second-order valence-electron chi connectivity index (χ2n) is 6.51. The molecule has 1 heterocycles. The number of rotatable bonds is 5. The minimum atomic E-state index is -4.17. The normalized spacial score (nSPS) is 14.7. The van der Waals surface area contributed by atoms with Crippen LogP contribution in [-0.4, -0.2) is 45.2 Å². The van der Waals surface area contributed by atoms with E-state index in [4.69, 9.17) is 9.47 Å². The first-order valence-electron chi connectivity index (χ1n) is 8.72. The summed E-state index contributed by atoms with van der Waals surface area (Å²) in [6, 6.07) is 15.2. The molecule has 0 saturated carbocycles. The molecule has 0 bridgehead atoms. The first-order valence-corrected chi connectivity index (χ1v) is 10.2. The van der Waals surface area contributed by atoms with E-state index in [9.17, 15) is 18.0 Å². The van der Waals surface area contributed by atoms with Crippen molar-refractivity contribution in [2.24, 2.45) is 0 Å². The second-order valence-corrected chi connectivity index (χ2v) is 8.34. The summed E-state index contributed by atoms with van der Waals surface area (Å²) in [4.78, 5) is 25.3. The lowest BCUT2D eigenvalue weighted by Crippen LogP contribution is -2.35. The Balaban J connectivity index is 1.69. The molecule has 0 aliphatic carbocycles. The van der Waals surface area contributed by atoms with Crippen LogP contribution in [0.2, 0.25) is 0 Å². The minimum absolute atomic E-state index is 0.0473. The fourth-order valence-electron chi connectivity index (χ4n) is 3.34. The van der Waals surface area contributed by atoms with Crippen molar-refractivity contribution in [1.82, 2.24) is 4.31 Å². The zero-order valence-electron chi connectivity index (χ0n) is 15.7. The first kappa shape index (κ1) is 18.9. The predicted molar refractivity (Wildman–Crippen MR) is 106 cm³/mol. The van der Waals surface area contributed by atoms with E-state index in [-0.39, 0.29) is 22.0 Å². The third-order valence-corrected chi connectivity index (χ3v) is 6.64. The molecule has 0 atom stereocenters. The van der Waals surface area contributed by atoms with Gasteiger partial charge in [0, 0.05) is 11.6 Å². The molecular formula is C21H17NO6S. The fraction of sp³-hybridized carbons (Fsp3) is 0.143. The van der Waals surface area contributed by atoms with E-state index < -0.39 is 28.3 Å². The lowest BCUT2D eigenvalue weighted by atomic mass is 10.0. The maximum atomic E-state index is 12.9. The van der Waals surface area contributed by atoms with Gasteiger partial charge in [-0.2, -0.15) is 0 Å². The van der Waals surface area contributed by atoms with E-state index in [1.165, 1.54) is 26.4 Å². The second kappa shape index (κ2) is 6.89. The number of ether oxygens (including phenoxy) is 2. The Morgan fingerprint density at radius 2 is 1.59 bits per heavy atom. The molecule has 0 aromatic heterocycles. The molecule has 29 heavy (non-hydrogen) atoms. The molecule has 3 aromatic rings. The van der Waals surface area contributed by atoms with Crippen molar-refractivity contribution in [1.29, 1.82) is 0 Å². The number of sulfonamides is 1. The Bertz CT molecular complexity index is 1270. The number of ketones is 1. The summed E-state index contributed by atoms with van der Waals surface area (Å²) in [5, 5.41) is 1.81. The molecule has 7 nitrogen and oxygen atoms in total. The van der Waals surface area contributed by atoms with Crippen molar-refractivity contribution in [3.63, 3.8) is 0 Å². The average molecular weight is 411 g/mol. The summed E-state index contributed by atoms with van der Waals surface area (Å²) in [5.74, 6) is -0.822. The highest BCUT2D eigenvalue weighted by Crippen LogP contribution is 2.38. The van der Waals surface area contributed by atoms with Gasteiger partial charge in [0.2, 0.25) is 0 Å². The van der Waals surface area contributed by atoms with Gasteiger partial charge in [-0.3, -0.25) is 9.59 Å². The summed E-state index contributed by atoms with van der Waals surface area (Å²) in [6.45, 7) is -0.585. The Morgan fingerprint density at radius 1 is 0.931 bits per heavy atom. The Hall–Kier alpha value is -3.39. The van der Waals surface area contributed by atoms with Crippen molar-refractivity contribution < 1.29 is 27.5 Å². The van der Waals surface area contributed by atoms with Crippen LogP contribution < -0.4 is 9.47 Å². The van der Waals surface area contributed by atoms with E-state index in [1.54, 1.807) is 18.2 Å². The molecule has 0 radical (unpaired) electrons. The molecular weight excluding hydrogens is 394 g/mol. The predicted octanol–water partition coefficient (Wildman–Crippen LogP) is 2.88. The van der Waals surface area contributed by atoms with Gasteiger partial charge >= 0.3 is 0 Å². The lowest BCUT2D eigenvalue weighted by Gasteiger charge is -2.14. The fourth-order valence-corrected chi connectivity index (χ4v) is 4.87. The lowest BCUT2D eigenvalue weighted by molar-refractivity contribution is 0.0820. The molecule has 0 saturated heterocycles. The quantitative estimate of drug-likeness (QED) is 0.600. The van der Waals surface area contributed by atoms with Crippen LogP contribution in [-0.2, 0) is 10.0 Å². The average Bonchev–Trinajstić information content (AvgIpc) is 2.92. The number of carbonyl (C=O) groups is 2. The number of methoxy groups -OCH3 is 2. The summed E-state index contributed by atoms with van der Waals surface area (Å²) >= 11 is 0. The van der Waals surface area contributed by atoms with Crippen LogP contribution in [0.5, 0.6) is 11.5 Å². The van der Waals surface area contributed by atoms with Crippen LogP contribution in [0.25, 0.3) is 10.8 Å². The Morgan fingerprint density at radius 3 is 2.28 bits per heavy atom. The number of Topliss-reactive ketones (excluding diaryl/α,β-unsaturated/α-hetero) is 1. The minimum Gasteiger partial charge on any atom is -0.493 e. The van der Waals surface area contributed by atoms with Gasteiger partial charge in [-0.05, 0) is 22.9 Å². The van der Waals surface area contributed by atoms with E-state index in [1.807, 2.05) is 24.3 Å². The van der Waals surface area contributed by atoms with Gasteiger partial charge in [-0.15, -0.1) is 0 Å². The van der Waals surface area contributed by atoms with Crippen LogP contribution in [0.4, 0.5) is 0 Å². The standard InChI is InChI=1S/C21H17NO6S/c1-27-18-10-16-20(11-19(18)28-2)29(25,26)22(21(16)24)12-17(23)15-8-7-13-5-3-4-6-14(13)9-15/h3-11H,12H2,1-2H3. The van der Waals surface area contributed by atoms with Crippen LogP contribution in [0, 0.1) is 0 Å². The molecule has 0 N–H and O–H groups in total. The molecule has 148 valence electrons. The van der Waals surface area contributed by atoms with Crippen LogP contribution in [0.3, 0.4) is 0 Å². The molecule has 4 rings (SSSR count).